The zero-order valence-corrected chi connectivity index (χ0v) is 13.3. The normalized spacial score (nSPS) is 20.0. The molecule has 0 spiro atoms. The summed E-state index contributed by atoms with van der Waals surface area (Å²) in [6.07, 6.45) is 7.81. The molecule has 1 heterocycles. The third-order valence-electron chi connectivity index (χ3n) is 3.99. The fraction of sp³-hybridized carbons (Fsp3) is 0.938. The van der Waals surface area contributed by atoms with Crippen LogP contribution < -0.4 is 5.32 Å². The molecule has 1 aliphatic heterocycles. The number of piperidine rings is 1. The highest BCUT2D eigenvalue weighted by Gasteiger charge is 2.19. The second-order valence-corrected chi connectivity index (χ2v) is 5.92. The van der Waals surface area contributed by atoms with E-state index in [1.54, 1.807) is 7.11 Å². The second-order valence-electron chi connectivity index (χ2n) is 5.92. The maximum absolute atomic E-state index is 11.5. The predicted octanol–water partition coefficient (Wildman–Crippen LogP) is 2.43. The molecule has 118 valence electrons. The number of nitrogens with zero attached hydrogens (tertiary/aromatic N) is 1. The van der Waals surface area contributed by atoms with Gasteiger partial charge in [0.25, 0.3) is 0 Å². The number of rotatable bonds is 10. The maximum Gasteiger partial charge on any atom is 0.219 e. The number of carbonyl (C=O) groups excluding carboxylic acids is 1. The highest BCUT2D eigenvalue weighted by Crippen LogP contribution is 2.16. The average Bonchev–Trinajstić information content (AvgIpc) is 2.46. The van der Waals surface area contributed by atoms with Crippen LogP contribution in [0, 0.1) is 5.92 Å². The van der Waals surface area contributed by atoms with Crippen molar-refractivity contribution in [2.24, 2.45) is 5.92 Å². The molecule has 1 aliphatic rings. The summed E-state index contributed by atoms with van der Waals surface area (Å²) in [4.78, 5) is 14.1. The Bertz CT molecular complexity index is 259. The van der Waals surface area contributed by atoms with Crippen LogP contribution in [-0.2, 0) is 9.53 Å². The summed E-state index contributed by atoms with van der Waals surface area (Å²) in [5.41, 5.74) is 0. The molecule has 4 heteroatoms. The van der Waals surface area contributed by atoms with E-state index in [4.69, 9.17) is 4.74 Å². The summed E-state index contributed by atoms with van der Waals surface area (Å²) >= 11 is 0. The van der Waals surface area contributed by atoms with E-state index >= 15 is 0 Å². The Hall–Kier alpha value is -0.610. The van der Waals surface area contributed by atoms with E-state index in [9.17, 15) is 4.79 Å². The second kappa shape index (κ2) is 11.1. The SMILES string of the molecule is CCCC(=O)NCC1CCCN(CCCCCOC)C1. The lowest BCUT2D eigenvalue weighted by molar-refractivity contribution is -0.121. The first-order valence-corrected chi connectivity index (χ1v) is 8.24. The van der Waals surface area contributed by atoms with Gasteiger partial charge in [0.05, 0.1) is 0 Å². The van der Waals surface area contributed by atoms with Crippen molar-refractivity contribution in [3.63, 3.8) is 0 Å². The minimum atomic E-state index is 0.212. The quantitative estimate of drug-likeness (QED) is 0.627. The Balaban J connectivity index is 2.10. The van der Waals surface area contributed by atoms with E-state index in [1.807, 2.05) is 6.92 Å². The average molecular weight is 284 g/mol. The van der Waals surface area contributed by atoms with Gasteiger partial charge in [0.1, 0.15) is 0 Å². The molecular weight excluding hydrogens is 252 g/mol. The van der Waals surface area contributed by atoms with Gasteiger partial charge in [-0.1, -0.05) is 6.92 Å². The maximum atomic E-state index is 11.5. The minimum Gasteiger partial charge on any atom is -0.385 e. The number of amides is 1. The van der Waals surface area contributed by atoms with Crippen LogP contribution in [0.4, 0.5) is 0 Å². The Morgan fingerprint density at radius 3 is 2.95 bits per heavy atom. The fourth-order valence-electron chi connectivity index (χ4n) is 2.85. The van der Waals surface area contributed by atoms with Crippen molar-refractivity contribution in [2.75, 3.05) is 39.9 Å². The van der Waals surface area contributed by atoms with Gasteiger partial charge in [0.2, 0.25) is 5.91 Å². The standard InChI is InChI=1S/C16H32N2O2/c1-3-8-16(19)17-13-15-9-7-11-18(14-15)10-5-4-6-12-20-2/h15H,3-14H2,1-2H3,(H,17,19). The van der Waals surface area contributed by atoms with Crippen molar-refractivity contribution in [2.45, 2.75) is 51.9 Å². The highest BCUT2D eigenvalue weighted by molar-refractivity contribution is 5.75. The zero-order valence-electron chi connectivity index (χ0n) is 13.3. The fourth-order valence-corrected chi connectivity index (χ4v) is 2.85. The number of ether oxygens (including phenoxy) is 1. The lowest BCUT2D eigenvalue weighted by Gasteiger charge is -2.32. The van der Waals surface area contributed by atoms with Gasteiger partial charge in [0, 0.05) is 33.2 Å². The van der Waals surface area contributed by atoms with Gasteiger partial charge in [0.15, 0.2) is 0 Å². The van der Waals surface area contributed by atoms with Gasteiger partial charge >= 0.3 is 0 Å². The number of hydrogen-bond acceptors (Lipinski definition) is 3. The molecule has 1 amide bonds. The van der Waals surface area contributed by atoms with Crippen molar-refractivity contribution in [3.05, 3.63) is 0 Å². The third-order valence-corrected chi connectivity index (χ3v) is 3.99. The molecule has 1 saturated heterocycles. The molecule has 0 aromatic heterocycles. The molecule has 1 atom stereocenters. The van der Waals surface area contributed by atoms with Gasteiger partial charge in [-0.05, 0) is 57.5 Å². The molecule has 1 rings (SSSR count). The zero-order chi connectivity index (χ0) is 14.6. The van der Waals surface area contributed by atoms with E-state index in [-0.39, 0.29) is 5.91 Å². The Morgan fingerprint density at radius 2 is 2.20 bits per heavy atom. The summed E-state index contributed by atoms with van der Waals surface area (Å²) in [5, 5.41) is 3.08. The van der Waals surface area contributed by atoms with Crippen LogP contribution in [0.1, 0.15) is 51.9 Å². The summed E-state index contributed by atoms with van der Waals surface area (Å²) in [5.74, 6) is 0.854. The molecule has 20 heavy (non-hydrogen) atoms. The number of nitrogens with one attached hydrogen (secondary N) is 1. The first-order chi connectivity index (χ1) is 9.76. The van der Waals surface area contributed by atoms with E-state index in [1.165, 1.54) is 45.2 Å². The third kappa shape index (κ3) is 7.85. The van der Waals surface area contributed by atoms with Crippen LogP contribution in [0.15, 0.2) is 0 Å². The van der Waals surface area contributed by atoms with Crippen molar-refractivity contribution in [3.8, 4) is 0 Å². The highest BCUT2D eigenvalue weighted by atomic mass is 16.5. The molecular formula is C16H32N2O2. The number of likely N-dealkylation sites (tertiary alicyclic amines) is 1. The summed E-state index contributed by atoms with van der Waals surface area (Å²) in [6.45, 7) is 7.36. The summed E-state index contributed by atoms with van der Waals surface area (Å²) in [7, 11) is 1.77. The Kier molecular flexibility index (Phi) is 9.67. The van der Waals surface area contributed by atoms with E-state index in [0.717, 1.165) is 26.1 Å². The predicted molar refractivity (Wildman–Crippen MR) is 82.8 cm³/mol. The van der Waals surface area contributed by atoms with E-state index in [2.05, 4.69) is 10.2 Å². The first-order valence-electron chi connectivity index (χ1n) is 8.24. The number of carbonyl (C=O) groups is 1. The van der Waals surface area contributed by atoms with Crippen LogP contribution >= 0.6 is 0 Å². The molecule has 0 aliphatic carbocycles. The monoisotopic (exact) mass is 284 g/mol. The van der Waals surface area contributed by atoms with Crippen molar-refractivity contribution >= 4 is 5.91 Å². The first kappa shape index (κ1) is 17.4. The number of hydrogen-bond donors (Lipinski definition) is 1. The van der Waals surface area contributed by atoms with Crippen molar-refractivity contribution in [1.82, 2.24) is 10.2 Å². The van der Waals surface area contributed by atoms with Crippen LogP contribution in [0.2, 0.25) is 0 Å². The van der Waals surface area contributed by atoms with Gasteiger partial charge in [-0.25, -0.2) is 0 Å². The smallest absolute Gasteiger partial charge is 0.219 e. The largest absolute Gasteiger partial charge is 0.385 e. The van der Waals surface area contributed by atoms with Crippen molar-refractivity contribution in [1.29, 1.82) is 0 Å². The van der Waals surface area contributed by atoms with Gasteiger partial charge in [-0.3, -0.25) is 4.79 Å². The Morgan fingerprint density at radius 1 is 1.35 bits per heavy atom. The molecule has 1 N–H and O–H groups in total. The molecule has 1 fully saturated rings. The van der Waals surface area contributed by atoms with Gasteiger partial charge < -0.3 is 15.0 Å². The molecule has 0 aromatic rings. The molecule has 0 bridgehead atoms. The summed E-state index contributed by atoms with van der Waals surface area (Å²) < 4.78 is 5.07. The molecule has 0 saturated carbocycles. The van der Waals surface area contributed by atoms with E-state index < -0.39 is 0 Å². The van der Waals surface area contributed by atoms with E-state index in [0.29, 0.717) is 12.3 Å². The molecule has 1 unspecified atom stereocenters. The van der Waals surface area contributed by atoms with Crippen LogP contribution in [-0.4, -0.2) is 50.7 Å². The Labute approximate surface area is 124 Å². The lowest BCUT2D eigenvalue weighted by Crippen LogP contribution is -2.41. The van der Waals surface area contributed by atoms with Gasteiger partial charge in [-0.15, -0.1) is 0 Å². The molecule has 0 radical (unpaired) electrons. The summed E-state index contributed by atoms with van der Waals surface area (Å²) in [6, 6.07) is 0. The van der Waals surface area contributed by atoms with Gasteiger partial charge in [-0.2, -0.15) is 0 Å². The van der Waals surface area contributed by atoms with Crippen molar-refractivity contribution < 1.29 is 9.53 Å². The number of unbranched alkanes of at least 4 members (excludes halogenated alkanes) is 2. The molecule has 4 nitrogen and oxygen atoms in total. The van der Waals surface area contributed by atoms with Crippen LogP contribution in [0.5, 0.6) is 0 Å². The topological polar surface area (TPSA) is 41.6 Å². The lowest BCUT2D eigenvalue weighted by atomic mass is 9.97. The minimum absolute atomic E-state index is 0.212. The van der Waals surface area contributed by atoms with Crippen LogP contribution in [0.25, 0.3) is 0 Å². The number of methoxy groups -OCH3 is 1. The van der Waals surface area contributed by atoms with Crippen LogP contribution in [0.3, 0.4) is 0 Å². The molecule has 0 aromatic carbocycles.